The fourth-order valence-electron chi connectivity index (χ4n) is 1.81. The third kappa shape index (κ3) is 3.07. The summed E-state index contributed by atoms with van der Waals surface area (Å²) in [5.41, 5.74) is 6.10. The summed E-state index contributed by atoms with van der Waals surface area (Å²) in [5.74, 6) is -0.294. The SMILES string of the molecule is CC(C)c1cc(NS(=O)(=O)c2cc(C(N)=O)n(C)c2)n[nH]1. The second-order valence-electron chi connectivity index (χ2n) is 5.00. The molecule has 8 nitrogen and oxygen atoms in total. The van der Waals surface area contributed by atoms with Gasteiger partial charge in [-0.2, -0.15) is 5.10 Å². The van der Waals surface area contributed by atoms with Gasteiger partial charge in [0.05, 0.1) is 0 Å². The summed E-state index contributed by atoms with van der Waals surface area (Å²) >= 11 is 0. The Bertz CT molecular complexity index is 773. The third-order valence-electron chi connectivity index (χ3n) is 3.00. The van der Waals surface area contributed by atoms with Crippen molar-refractivity contribution in [3.8, 4) is 0 Å². The summed E-state index contributed by atoms with van der Waals surface area (Å²) in [6, 6.07) is 2.85. The van der Waals surface area contributed by atoms with Crippen LogP contribution in [-0.2, 0) is 17.1 Å². The van der Waals surface area contributed by atoms with Crippen molar-refractivity contribution >= 4 is 21.7 Å². The predicted molar refractivity (Wildman–Crippen MR) is 77.4 cm³/mol. The highest BCUT2D eigenvalue weighted by Crippen LogP contribution is 2.19. The molecule has 114 valence electrons. The number of amides is 1. The molecule has 0 aliphatic carbocycles. The lowest BCUT2D eigenvalue weighted by molar-refractivity contribution is 0.0992. The number of H-pyrrole nitrogens is 1. The molecule has 0 aliphatic heterocycles. The smallest absolute Gasteiger partial charge is 0.265 e. The van der Waals surface area contributed by atoms with Crippen molar-refractivity contribution in [2.24, 2.45) is 12.8 Å². The molecule has 0 unspecified atom stereocenters. The second-order valence-corrected chi connectivity index (χ2v) is 6.69. The number of aromatic nitrogens is 3. The molecule has 4 N–H and O–H groups in total. The lowest BCUT2D eigenvalue weighted by Crippen LogP contribution is -2.14. The van der Waals surface area contributed by atoms with Crippen molar-refractivity contribution in [3.05, 3.63) is 29.7 Å². The van der Waals surface area contributed by atoms with Crippen LogP contribution in [0.15, 0.2) is 23.2 Å². The first-order valence-corrected chi connectivity index (χ1v) is 7.73. The number of aryl methyl sites for hydroxylation is 1. The number of carbonyl (C=O) groups excluding carboxylic acids is 1. The highest BCUT2D eigenvalue weighted by atomic mass is 32.2. The van der Waals surface area contributed by atoms with Gasteiger partial charge in [-0.05, 0) is 12.0 Å². The molecule has 21 heavy (non-hydrogen) atoms. The largest absolute Gasteiger partial charge is 0.364 e. The number of nitrogens with two attached hydrogens (primary N) is 1. The Kier molecular flexibility index (Phi) is 3.77. The number of hydrogen-bond donors (Lipinski definition) is 3. The highest BCUT2D eigenvalue weighted by Gasteiger charge is 2.20. The molecule has 0 aromatic carbocycles. The normalized spacial score (nSPS) is 11.8. The average Bonchev–Trinajstić information content (AvgIpc) is 2.95. The van der Waals surface area contributed by atoms with Crippen molar-refractivity contribution in [1.29, 1.82) is 0 Å². The van der Waals surface area contributed by atoms with Gasteiger partial charge in [-0.3, -0.25) is 14.6 Å². The highest BCUT2D eigenvalue weighted by molar-refractivity contribution is 7.92. The standard InChI is InChI=1S/C12H17N5O3S/c1-7(2)9-5-11(15-14-9)16-21(19,20)8-4-10(12(13)18)17(3)6-8/h4-7H,1-3H3,(H2,13,18)(H2,14,15,16). The maximum absolute atomic E-state index is 12.2. The molecule has 2 rings (SSSR count). The minimum absolute atomic E-state index is 0.0482. The molecule has 9 heteroatoms. The van der Waals surface area contributed by atoms with Crippen LogP contribution in [0.25, 0.3) is 0 Å². The summed E-state index contributed by atoms with van der Waals surface area (Å²) in [6.45, 7) is 3.92. The van der Waals surface area contributed by atoms with E-state index in [1.807, 2.05) is 13.8 Å². The summed E-state index contributed by atoms with van der Waals surface area (Å²) in [4.78, 5) is 11.1. The first kappa shape index (κ1) is 15.1. The van der Waals surface area contributed by atoms with Gasteiger partial charge < -0.3 is 10.3 Å². The van der Waals surface area contributed by atoms with E-state index in [2.05, 4.69) is 14.9 Å². The number of aromatic amines is 1. The average molecular weight is 311 g/mol. The van der Waals surface area contributed by atoms with E-state index >= 15 is 0 Å². The van der Waals surface area contributed by atoms with Gasteiger partial charge in [0.2, 0.25) is 0 Å². The van der Waals surface area contributed by atoms with Gasteiger partial charge in [0.1, 0.15) is 10.6 Å². The van der Waals surface area contributed by atoms with Crippen LogP contribution in [0.2, 0.25) is 0 Å². The fraction of sp³-hybridized carbons (Fsp3) is 0.333. The van der Waals surface area contributed by atoms with Crippen LogP contribution < -0.4 is 10.5 Å². The molecule has 2 aromatic rings. The van der Waals surface area contributed by atoms with Gasteiger partial charge >= 0.3 is 0 Å². The summed E-state index contributed by atoms with van der Waals surface area (Å²) in [6.07, 6.45) is 1.32. The molecule has 0 fully saturated rings. The Labute approximate surface area is 122 Å². The lowest BCUT2D eigenvalue weighted by atomic mass is 10.1. The van der Waals surface area contributed by atoms with Gasteiger partial charge in [-0.25, -0.2) is 8.42 Å². The zero-order valence-corrected chi connectivity index (χ0v) is 12.7. The number of primary amides is 1. The first-order valence-electron chi connectivity index (χ1n) is 6.25. The molecule has 1 amide bonds. The van der Waals surface area contributed by atoms with Crippen LogP contribution in [0.1, 0.15) is 35.9 Å². The first-order chi connectivity index (χ1) is 9.70. The monoisotopic (exact) mass is 311 g/mol. The van der Waals surface area contributed by atoms with E-state index in [1.54, 1.807) is 13.1 Å². The van der Waals surface area contributed by atoms with Crippen molar-refractivity contribution < 1.29 is 13.2 Å². The van der Waals surface area contributed by atoms with E-state index in [-0.39, 0.29) is 22.3 Å². The van der Waals surface area contributed by atoms with Crippen LogP contribution in [0.5, 0.6) is 0 Å². The molecule has 0 atom stereocenters. The molecular weight excluding hydrogens is 294 g/mol. The molecule has 0 saturated carbocycles. The molecule has 2 heterocycles. The molecular formula is C12H17N5O3S. The van der Waals surface area contributed by atoms with E-state index in [0.29, 0.717) is 0 Å². The van der Waals surface area contributed by atoms with Crippen LogP contribution in [0.3, 0.4) is 0 Å². The van der Waals surface area contributed by atoms with Crippen molar-refractivity contribution in [1.82, 2.24) is 14.8 Å². The Morgan fingerprint density at radius 3 is 2.57 bits per heavy atom. The van der Waals surface area contributed by atoms with E-state index in [4.69, 9.17) is 5.73 Å². The number of sulfonamides is 1. The summed E-state index contributed by atoms with van der Waals surface area (Å²) in [7, 11) is -2.28. The maximum Gasteiger partial charge on any atom is 0.265 e. The van der Waals surface area contributed by atoms with Crippen molar-refractivity contribution in [3.63, 3.8) is 0 Å². The number of hydrogen-bond acceptors (Lipinski definition) is 4. The molecule has 2 aromatic heterocycles. The molecule has 0 saturated heterocycles. The van der Waals surface area contributed by atoms with Gasteiger partial charge in [-0.15, -0.1) is 0 Å². The van der Waals surface area contributed by atoms with E-state index in [1.165, 1.54) is 16.8 Å². The number of nitrogens with zero attached hydrogens (tertiary/aromatic N) is 2. The molecule has 0 bridgehead atoms. The number of anilines is 1. The van der Waals surface area contributed by atoms with Gasteiger partial charge in [-0.1, -0.05) is 13.8 Å². The van der Waals surface area contributed by atoms with E-state index < -0.39 is 15.9 Å². The molecule has 0 spiro atoms. The van der Waals surface area contributed by atoms with Crippen molar-refractivity contribution in [2.45, 2.75) is 24.7 Å². The van der Waals surface area contributed by atoms with Crippen LogP contribution in [-0.4, -0.2) is 29.1 Å². The van der Waals surface area contributed by atoms with Crippen LogP contribution >= 0.6 is 0 Å². The Balaban J connectivity index is 2.29. The Morgan fingerprint density at radius 2 is 2.10 bits per heavy atom. The van der Waals surface area contributed by atoms with Crippen molar-refractivity contribution in [2.75, 3.05) is 4.72 Å². The lowest BCUT2D eigenvalue weighted by Gasteiger charge is -2.02. The fourth-order valence-corrected chi connectivity index (χ4v) is 2.87. The maximum atomic E-state index is 12.2. The molecule has 0 aliphatic rings. The zero-order valence-electron chi connectivity index (χ0n) is 11.9. The summed E-state index contributed by atoms with van der Waals surface area (Å²) in [5, 5.41) is 6.66. The second kappa shape index (κ2) is 5.24. The number of carbonyl (C=O) groups is 1. The van der Waals surface area contributed by atoms with E-state index in [0.717, 1.165) is 5.69 Å². The quantitative estimate of drug-likeness (QED) is 0.754. The predicted octanol–water partition coefficient (Wildman–Crippen LogP) is 0.771. The van der Waals surface area contributed by atoms with Gasteiger partial charge in [0.15, 0.2) is 5.82 Å². The minimum atomic E-state index is -3.82. The van der Waals surface area contributed by atoms with Crippen LogP contribution in [0, 0.1) is 0 Å². The van der Waals surface area contributed by atoms with E-state index in [9.17, 15) is 13.2 Å². The summed E-state index contributed by atoms with van der Waals surface area (Å²) < 4.78 is 28.2. The molecule has 0 radical (unpaired) electrons. The van der Waals surface area contributed by atoms with Gasteiger partial charge in [0.25, 0.3) is 15.9 Å². The Morgan fingerprint density at radius 1 is 1.43 bits per heavy atom. The Hall–Kier alpha value is -2.29. The third-order valence-corrected chi connectivity index (χ3v) is 4.32. The number of rotatable bonds is 5. The minimum Gasteiger partial charge on any atom is -0.364 e. The van der Waals surface area contributed by atoms with Gasteiger partial charge in [0, 0.05) is 25.0 Å². The topological polar surface area (TPSA) is 123 Å². The zero-order chi connectivity index (χ0) is 15.8. The number of nitrogens with one attached hydrogen (secondary N) is 2. The van der Waals surface area contributed by atoms with Crippen LogP contribution in [0.4, 0.5) is 5.82 Å².